The summed E-state index contributed by atoms with van der Waals surface area (Å²) < 4.78 is 25.9. The van der Waals surface area contributed by atoms with Crippen molar-refractivity contribution in [1.29, 1.82) is 0 Å². The van der Waals surface area contributed by atoms with Crippen molar-refractivity contribution in [2.45, 2.75) is 24.3 Å². The highest BCUT2D eigenvalue weighted by atomic mass is 79.9. The molecule has 0 atom stereocenters. The first-order valence-electron chi connectivity index (χ1n) is 9.59. The maximum Gasteiger partial charge on any atom is 0.238 e. The molecule has 0 spiro atoms. The summed E-state index contributed by atoms with van der Waals surface area (Å²) >= 11 is 3.60. The highest BCUT2D eigenvalue weighted by Gasteiger charge is 2.17. The average Bonchev–Trinajstić information content (AvgIpc) is 3.12. The van der Waals surface area contributed by atoms with Crippen LogP contribution in [-0.2, 0) is 23.0 Å². The SMILES string of the molecule is NS(=O)(=O)c1ccc(-n2nc(CN3CC=CCC3)nc2Cc2ccccc2Br)cc1. The zero-order chi connectivity index (χ0) is 21.1. The van der Waals surface area contributed by atoms with E-state index in [-0.39, 0.29) is 4.90 Å². The summed E-state index contributed by atoms with van der Waals surface area (Å²) in [5, 5.41) is 9.96. The number of nitrogens with two attached hydrogens (primary N) is 1. The van der Waals surface area contributed by atoms with Crippen molar-refractivity contribution < 1.29 is 8.42 Å². The molecule has 4 rings (SSSR count). The highest BCUT2D eigenvalue weighted by Crippen LogP contribution is 2.21. The van der Waals surface area contributed by atoms with Crippen molar-refractivity contribution in [2.75, 3.05) is 13.1 Å². The Hall–Kier alpha value is -2.33. The standard InChI is InChI=1S/C21H22BrN5O2S/c22-19-7-3-2-6-16(19)14-21-24-20(15-26-12-4-1-5-13-26)25-27(21)17-8-10-18(11-9-17)30(23,28)29/h1-4,6-11H,5,12-15H2,(H2,23,28,29). The van der Waals surface area contributed by atoms with Crippen LogP contribution >= 0.6 is 15.9 Å². The van der Waals surface area contributed by atoms with E-state index in [0.29, 0.717) is 13.0 Å². The Bertz CT molecular complexity index is 1170. The molecular formula is C21H22BrN5O2S. The van der Waals surface area contributed by atoms with E-state index >= 15 is 0 Å². The molecule has 0 bridgehead atoms. The molecule has 3 aromatic rings. The van der Waals surface area contributed by atoms with Gasteiger partial charge in [-0.05, 0) is 42.3 Å². The topological polar surface area (TPSA) is 94.1 Å². The van der Waals surface area contributed by atoms with E-state index in [2.05, 4.69) is 33.0 Å². The van der Waals surface area contributed by atoms with Gasteiger partial charge in [-0.1, -0.05) is 46.3 Å². The Morgan fingerprint density at radius 3 is 2.50 bits per heavy atom. The first-order valence-corrected chi connectivity index (χ1v) is 11.9. The van der Waals surface area contributed by atoms with Crippen molar-refractivity contribution in [3.05, 3.63) is 82.4 Å². The Labute approximate surface area is 184 Å². The van der Waals surface area contributed by atoms with Crippen LogP contribution in [0.5, 0.6) is 0 Å². The number of hydrogen-bond acceptors (Lipinski definition) is 5. The fraction of sp³-hybridized carbons (Fsp3) is 0.238. The van der Waals surface area contributed by atoms with Gasteiger partial charge in [0.2, 0.25) is 10.0 Å². The summed E-state index contributed by atoms with van der Waals surface area (Å²) in [6, 6.07) is 14.4. The lowest BCUT2D eigenvalue weighted by Gasteiger charge is -2.20. The van der Waals surface area contributed by atoms with Crippen molar-refractivity contribution in [3.63, 3.8) is 0 Å². The van der Waals surface area contributed by atoms with Gasteiger partial charge in [0.05, 0.1) is 17.1 Å². The number of primary sulfonamides is 1. The molecule has 2 aromatic carbocycles. The zero-order valence-corrected chi connectivity index (χ0v) is 18.7. The molecule has 0 saturated heterocycles. The minimum atomic E-state index is -3.74. The maximum atomic E-state index is 11.6. The lowest BCUT2D eigenvalue weighted by molar-refractivity contribution is 0.283. The molecule has 156 valence electrons. The molecule has 0 radical (unpaired) electrons. The Morgan fingerprint density at radius 2 is 1.83 bits per heavy atom. The molecule has 0 amide bonds. The largest absolute Gasteiger partial charge is 0.292 e. The number of halogens is 1. The molecule has 7 nitrogen and oxygen atoms in total. The van der Waals surface area contributed by atoms with Crippen LogP contribution in [0.1, 0.15) is 23.6 Å². The van der Waals surface area contributed by atoms with E-state index < -0.39 is 10.0 Å². The lowest BCUT2D eigenvalue weighted by Crippen LogP contribution is -2.27. The summed E-state index contributed by atoms with van der Waals surface area (Å²) in [7, 11) is -3.74. The number of benzene rings is 2. The first-order chi connectivity index (χ1) is 14.4. The van der Waals surface area contributed by atoms with Gasteiger partial charge in [-0.2, -0.15) is 0 Å². The van der Waals surface area contributed by atoms with E-state index in [9.17, 15) is 8.42 Å². The van der Waals surface area contributed by atoms with E-state index in [4.69, 9.17) is 15.2 Å². The number of nitrogens with zero attached hydrogens (tertiary/aromatic N) is 4. The molecule has 0 saturated carbocycles. The predicted octanol–water partition coefficient (Wildman–Crippen LogP) is 3.03. The Balaban J connectivity index is 1.69. The van der Waals surface area contributed by atoms with Crippen molar-refractivity contribution in [1.82, 2.24) is 19.7 Å². The van der Waals surface area contributed by atoms with Gasteiger partial charge in [-0.25, -0.2) is 23.2 Å². The van der Waals surface area contributed by atoms with Gasteiger partial charge >= 0.3 is 0 Å². The summed E-state index contributed by atoms with van der Waals surface area (Å²) in [4.78, 5) is 7.18. The number of aromatic nitrogens is 3. The summed E-state index contributed by atoms with van der Waals surface area (Å²) in [6.45, 7) is 2.53. The highest BCUT2D eigenvalue weighted by molar-refractivity contribution is 9.10. The third kappa shape index (κ3) is 4.86. The van der Waals surface area contributed by atoms with E-state index in [1.54, 1.807) is 16.8 Å². The van der Waals surface area contributed by atoms with Crippen LogP contribution in [0, 0.1) is 0 Å². The normalized spacial score (nSPS) is 14.9. The third-order valence-electron chi connectivity index (χ3n) is 4.94. The monoisotopic (exact) mass is 487 g/mol. The van der Waals surface area contributed by atoms with Gasteiger partial charge in [-0.3, -0.25) is 4.90 Å². The zero-order valence-electron chi connectivity index (χ0n) is 16.3. The van der Waals surface area contributed by atoms with Crippen LogP contribution < -0.4 is 5.14 Å². The molecule has 2 heterocycles. The average molecular weight is 488 g/mol. The quantitative estimate of drug-likeness (QED) is 0.539. The fourth-order valence-electron chi connectivity index (χ4n) is 3.40. The predicted molar refractivity (Wildman–Crippen MR) is 119 cm³/mol. The summed E-state index contributed by atoms with van der Waals surface area (Å²) in [5.74, 6) is 1.52. The number of rotatable bonds is 6. The van der Waals surface area contributed by atoms with Gasteiger partial charge < -0.3 is 0 Å². The van der Waals surface area contributed by atoms with Crippen LogP contribution in [0.3, 0.4) is 0 Å². The van der Waals surface area contributed by atoms with Crippen molar-refractivity contribution in [3.8, 4) is 5.69 Å². The summed E-state index contributed by atoms with van der Waals surface area (Å²) in [6.07, 6.45) is 5.97. The lowest BCUT2D eigenvalue weighted by atomic mass is 10.1. The molecule has 0 fully saturated rings. The maximum absolute atomic E-state index is 11.6. The van der Waals surface area contributed by atoms with Gasteiger partial charge in [0.1, 0.15) is 5.82 Å². The minimum Gasteiger partial charge on any atom is -0.292 e. The Kier molecular flexibility index (Phi) is 6.14. The van der Waals surface area contributed by atoms with Crippen LogP contribution in [0.4, 0.5) is 0 Å². The Morgan fingerprint density at radius 1 is 1.07 bits per heavy atom. The second-order valence-corrected chi connectivity index (χ2v) is 9.57. The van der Waals surface area contributed by atoms with Crippen LogP contribution in [0.2, 0.25) is 0 Å². The van der Waals surface area contributed by atoms with Gasteiger partial charge in [0.15, 0.2) is 5.82 Å². The van der Waals surface area contributed by atoms with Gasteiger partial charge in [0, 0.05) is 24.0 Å². The number of hydrogen-bond donors (Lipinski definition) is 1. The molecule has 2 N–H and O–H groups in total. The molecule has 9 heteroatoms. The molecule has 0 unspecified atom stereocenters. The van der Waals surface area contributed by atoms with E-state index in [0.717, 1.165) is 46.9 Å². The second kappa shape index (κ2) is 8.81. The molecule has 1 aromatic heterocycles. The van der Waals surface area contributed by atoms with Crippen LogP contribution in [0.15, 0.2) is 70.1 Å². The van der Waals surface area contributed by atoms with E-state index in [1.807, 2.05) is 24.3 Å². The third-order valence-corrected chi connectivity index (χ3v) is 6.64. The van der Waals surface area contributed by atoms with E-state index in [1.165, 1.54) is 12.1 Å². The first kappa shape index (κ1) is 20.9. The van der Waals surface area contributed by atoms with Gasteiger partial charge in [-0.15, -0.1) is 5.10 Å². The molecular weight excluding hydrogens is 466 g/mol. The molecule has 30 heavy (non-hydrogen) atoms. The van der Waals surface area contributed by atoms with Crippen LogP contribution in [0.25, 0.3) is 5.69 Å². The van der Waals surface area contributed by atoms with Crippen LogP contribution in [-0.4, -0.2) is 41.2 Å². The fourth-order valence-corrected chi connectivity index (χ4v) is 4.34. The summed E-state index contributed by atoms with van der Waals surface area (Å²) in [5.41, 5.74) is 1.83. The smallest absolute Gasteiger partial charge is 0.238 e. The molecule has 1 aliphatic rings. The second-order valence-electron chi connectivity index (χ2n) is 7.16. The van der Waals surface area contributed by atoms with Gasteiger partial charge in [0.25, 0.3) is 0 Å². The minimum absolute atomic E-state index is 0.0686. The van der Waals surface area contributed by atoms with Crippen molar-refractivity contribution in [2.24, 2.45) is 5.14 Å². The number of sulfonamides is 1. The molecule has 1 aliphatic heterocycles. The molecule has 0 aliphatic carbocycles. The van der Waals surface area contributed by atoms with Crippen molar-refractivity contribution >= 4 is 26.0 Å².